The lowest BCUT2D eigenvalue weighted by Crippen LogP contribution is -2.56. The van der Waals surface area contributed by atoms with Crippen molar-refractivity contribution >= 4 is 46.1 Å². The molecular weight excluding hydrogens is 490 g/mol. The number of hydrogen-bond acceptors (Lipinski definition) is 6. The van der Waals surface area contributed by atoms with Crippen LogP contribution in [-0.4, -0.2) is 88.1 Å². The van der Waals surface area contributed by atoms with Gasteiger partial charge in [0.2, 0.25) is 5.91 Å². The minimum Gasteiger partial charge on any atom is -0.481 e. The van der Waals surface area contributed by atoms with E-state index in [2.05, 4.69) is 15.6 Å². The van der Waals surface area contributed by atoms with Crippen molar-refractivity contribution in [3.05, 3.63) is 65.9 Å². The largest absolute Gasteiger partial charge is 0.481 e. The number of amides is 3. The van der Waals surface area contributed by atoms with E-state index in [-0.39, 0.29) is 24.1 Å². The molecule has 1 saturated heterocycles. The number of ketones is 1. The van der Waals surface area contributed by atoms with Gasteiger partial charge in [-0.1, -0.05) is 30.3 Å². The summed E-state index contributed by atoms with van der Waals surface area (Å²) < 4.78 is 0. The first-order chi connectivity index (χ1) is 18.2. The molecule has 198 valence electrons. The number of H-pyrrole nitrogens is 1. The number of hydrogen-bond donors (Lipinski definition) is 4. The van der Waals surface area contributed by atoms with E-state index < -0.39 is 36.0 Å². The molecule has 0 radical (unpaired) electrons. The highest BCUT2D eigenvalue weighted by atomic mass is 16.4. The Kier molecular flexibility index (Phi) is 7.87. The lowest BCUT2D eigenvalue weighted by Gasteiger charge is -2.39. The molecule has 1 aromatic heterocycles. The zero-order valence-corrected chi connectivity index (χ0v) is 21.1. The van der Waals surface area contributed by atoms with Crippen molar-refractivity contribution in [3.63, 3.8) is 0 Å². The molecule has 0 spiro atoms. The number of piperazine rings is 1. The first-order valence-corrected chi connectivity index (χ1v) is 12.2. The zero-order valence-electron chi connectivity index (χ0n) is 21.1. The Balaban J connectivity index is 1.48. The topological polar surface area (TPSA) is 152 Å². The van der Waals surface area contributed by atoms with Gasteiger partial charge < -0.3 is 30.5 Å². The number of nitrogens with one attached hydrogen (secondary N) is 3. The van der Waals surface area contributed by atoms with Crippen LogP contribution in [0.4, 0.5) is 5.69 Å². The predicted molar refractivity (Wildman–Crippen MR) is 140 cm³/mol. The van der Waals surface area contributed by atoms with Crippen LogP contribution in [-0.2, 0) is 14.4 Å². The van der Waals surface area contributed by atoms with E-state index in [0.717, 1.165) is 0 Å². The van der Waals surface area contributed by atoms with E-state index in [1.807, 2.05) is 6.07 Å². The van der Waals surface area contributed by atoms with Gasteiger partial charge in [0.15, 0.2) is 0 Å². The number of rotatable bonds is 8. The standard InChI is InChI=1S/C27H29N5O6/c1-16-15-31(26(37)17-7-4-3-5-8-17)11-12-32(16)27(38)24(35)19-14-29-23-18(19)9-6-10-20(23)30-25(36)21(28-2)13-22(33)34/h3-10,14,16,21,28-29H,11-13,15H2,1-2H3,(H,30,36)(H,33,34). The number of aromatic amines is 1. The lowest BCUT2D eigenvalue weighted by molar-refractivity contribution is -0.139. The summed E-state index contributed by atoms with van der Waals surface area (Å²) in [6.07, 6.45) is 1.02. The van der Waals surface area contributed by atoms with Gasteiger partial charge in [-0.2, -0.15) is 0 Å². The van der Waals surface area contributed by atoms with Crippen molar-refractivity contribution in [2.75, 3.05) is 32.0 Å². The van der Waals surface area contributed by atoms with Crippen LogP contribution in [0, 0.1) is 0 Å². The average molecular weight is 520 g/mol. The number of fused-ring (bicyclic) bond motifs is 1. The van der Waals surface area contributed by atoms with Crippen LogP contribution in [0.15, 0.2) is 54.7 Å². The number of carboxylic acids is 1. The molecule has 1 fully saturated rings. The monoisotopic (exact) mass is 519 g/mol. The normalized spacial score (nSPS) is 16.2. The van der Waals surface area contributed by atoms with Crippen molar-refractivity contribution in [2.24, 2.45) is 0 Å². The highest BCUT2D eigenvalue weighted by Gasteiger charge is 2.34. The lowest BCUT2D eigenvalue weighted by atomic mass is 10.1. The molecule has 3 amide bonds. The Bertz CT molecular complexity index is 1390. The van der Waals surface area contributed by atoms with Gasteiger partial charge in [0.1, 0.15) is 0 Å². The fourth-order valence-corrected chi connectivity index (χ4v) is 4.62. The second kappa shape index (κ2) is 11.3. The van der Waals surface area contributed by atoms with Crippen LogP contribution < -0.4 is 10.6 Å². The van der Waals surface area contributed by atoms with Gasteiger partial charge in [-0.15, -0.1) is 0 Å². The number of carboxylic acid groups (broad SMARTS) is 1. The fraction of sp³-hybridized carbons (Fsp3) is 0.296. The van der Waals surface area contributed by atoms with Crippen LogP contribution in [0.25, 0.3) is 10.9 Å². The quantitative estimate of drug-likeness (QED) is 0.261. The highest BCUT2D eigenvalue weighted by Crippen LogP contribution is 2.27. The molecule has 4 rings (SSSR count). The molecule has 2 heterocycles. The third-order valence-corrected chi connectivity index (χ3v) is 6.65. The van der Waals surface area contributed by atoms with Crippen molar-refractivity contribution in [1.29, 1.82) is 0 Å². The molecule has 1 aliphatic heterocycles. The summed E-state index contributed by atoms with van der Waals surface area (Å²) in [5, 5.41) is 14.8. The van der Waals surface area contributed by atoms with E-state index in [9.17, 15) is 24.0 Å². The van der Waals surface area contributed by atoms with E-state index >= 15 is 0 Å². The SMILES string of the molecule is CNC(CC(=O)O)C(=O)Nc1cccc2c(C(=O)C(=O)N3CCN(C(=O)c4ccccc4)CC3C)c[nH]c12. The Morgan fingerprint density at radius 3 is 2.45 bits per heavy atom. The molecule has 4 N–H and O–H groups in total. The number of Topliss-reactive ketones (excluding diaryl/α,β-unsaturated/α-hetero) is 1. The number of aromatic nitrogens is 1. The van der Waals surface area contributed by atoms with E-state index in [1.54, 1.807) is 54.3 Å². The molecule has 38 heavy (non-hydrogen) atoms. The Labute approximate surface area is 218 Å². The van der Waals surface area contributed by atoms with Crippen molar-refractivity contribution in [1.82, 2.24) is 20.1 Å². The van der Waals surface area contributed by atoms with Gasteiger partial charge in [-0.25, -0.2) is 0 Å². The first kappa shape index (κ1) is 26.6. The Morgan fingerprint density at radius 2 is 1.79 bits per heavy atom. The maximum absolute atomic E-state index is 13.3. The molecule has 11 heteroatoms. The van der Waals surface area contributed by atoms with Crippen LogP contribution in [0.5, 0.6) is 0 Å². The van der Waals surface area contributed by atoms with Crippen LogP contribution in [0.1, 0.15) is 34.1 Å². The van der Waals surface area contributed by atoms with Crippen LogP contribution in [0.2, 0.25) is 0 Å². The number of carbonyl (C=O) groups excluding carboxylic acids is 4. The summed E-state index contributed by atoms with van der Waals surface area (Å²) in [4.78, 5) is 69.0. The second-order valence-corrected chi connectivity index (χ2v) is 9.15. The maximum atomic E-state index is 13.3. The molecule has 2 unspecified atom stereocenters. The predicted octanol–water partition coefficient (Wildman–Crippen LogP) is 1.72. The Hall–Kier alpha value is -4.51. The third kappa shape index (κ3) is 5.42. The summed E-state index contributed by atoms with van der Waals surface area (Å²) >= 11 is 0. The molecule has 2 aromatic carbocycles. The van der Waals surface area contributed by atoms with Crippen LogP contribution >= 0.6 is 0 Å². The number of nitrogens with zero attached hydrogens (tertiary/aromatic N) is 2. The molecule has 3 aromatic rings. The minimum absolute atomic E-state index is 0.119. The highest BCUT2D eigenvalue weighted by molar-refractivity contribution is 6.45. The summed E-state index contributed by atoms with van der Waals surface area (Å²) in [6, 6.07) is 12.5. The number of aliphatic carboxylic acids is 1. The van der Waals surface area contributed by atoms with Crippen molar-refractivity contribution < 1.29 is 29.1 Å². The van der Waals surface area contributed by atoms with E-state index in [1.165, 1.54) is 18.1 Å². The number of anilines is 1. The Morgan fingerprint density at radius 1 is 1.05 bits per heavy atom. The maximum Gasteiger partial charge on any atom is 0.305 e. The fourth-order valence-electron chi connectivity index (χ4n) is 4.62. The van der Waals surface area contributed by atoms with Gasteiger partial charge in [0, 0.05) is 42.8 Å². The number of benzene rings is 2. The summed E-state index contributed by atoms with van der Waals surface area (Å²) in [6.45, 7) is 2.64. The van der Waals surface area contributed by atoms with Crippen LogP contribution in [0.3, 0.4) is 0 Å². The van der Waals surface area contributed by atoms with Gasteiger partial charge >= 0.3 is 5.97 Å². The number of carbonyl (C=O) groups is 5. The van der Waals surface area contributed by atoms with E-state index in [4.69, 9.17) is 5.11 Å². The molecule has 2 atom stereocenters. The average Bonchev–Trinajstić information content (AvgIpc) is 3.36. The van der Waals surface area contributed by atoms with Gasteiger partial charge in [-0.05, 0) is 32.2 Å². The molecule has 0 aliphatic carbocycles. The van der Waals surface area contributed by atoms with Gasteiger partial charge in [0.05, 0.1) is 29.2 Å². The number of likely N-dealkylation sites (N-methyl/N-ethyl adjacent to an activating group) is 1. The summed E-state index contributed by atoms with van der Waals surface area (Å²) in [7, 11) is 1.49. The molecule has 1 aliphatic rings. The molecule has 0 saturated carbocycles. The summed E-state index contributed by atoms with van der Waals surface area (Å²) in [5.41, 5.74) is 1.52. The second-order valence-electron chi connectivity index (χ2n) is 9.15. The molecule has 0 bridgehead atoms. The summed E-state index contributed by atoms with van der Waals surface area (Å²) in [5.74, 6) is -3.16. The minimum atomic E-state index is -1.12. The van der Waals surface area contributed by atoms with Crippen molar-refractivity contribution in [2.45, 2.75) is 25.4 Å². The van der Waals surface area contributed by atoms with Gasteiger partial charge in [-0.3, -0.25) is 24.0 Å². The van der Waals surface area contributed by atoms with Gasteiger partial charge in [0.25, 0.3) is 17.6 Å². The van der Waals surface area contributed by atoms with E-state index in [0.29, 0.717) is 35.2 Å². The third-order valence-electron chi connectivity index (χ3n) is 6.65. The number of para-hydroxylation sites is 1. The first-order valence-electron chi connectivity index (χ1n) is 12.2. The smallest absolute Gasteiger partial charge is 0.305 e. The molecule has 11 nitrogen and oxygen atoms in total. The zero-order chi connectivity index (χ0) is 27.4. The van der Waals surface area contributed by atoms with Crippen molar-refractivity contribution in [3.8, 4) is 0 Å². The molecular formula is C27H29N5O6.